The number of nitrogens with one attached hydrogen (secondary N) is 2. The third-order valence-corrected chi connectivity index (χ3v) is 7.99. The fraction of sp³-hybridized carbons (Fsp3) is 0.577. The summed E-state index contributed by atoms with van der Waals surface area (Å²) in [4.78, 5) is 24.5. The Labute approximate surface area is 216 Å². The summed E-state index contributed by atoms with van der Waals surface area (Å²) in [6, 6.07) is 6.63. The lowest BCUT2D eigenvalue weighted by Crippen LogP contribution is -2.49. The summed E-state index contributed by atoms with van der Waals surface area (Å²) in [5, 5.41) is 14.8. The van der Waals surface area contributed by atoms with Crippen LogP contribution in [0.1, 0.15) is 56.4 Å². The minimum atomic E-state index is -0.273. The van der Waals surface area contributed by atoms with Gasteiger partial charge in [-0.15, -0.1) is 0 Å². The lowest BCUT2D eigenvalue weighted by molar-refractivity contribution is 0.0649. The lowest BCUT2D eigenvalue weighted by Gasteiger charge is -2.44. The van der Waals surface area contributed by atoms with E-state index in [1.807, 2.05) is 12.1 Å². The second-order valence-corrected chi connectivity index (χ2v) is 10.5. The van der Waals surface area contributed by atoms with Crippen molar-refractivity contribution < 1.29 is 4.74 Å². The van der Waals surface area contributed by atoms with Gasteiger partial charge in [-0.2, -0.15) is 14.3 Å². The van der Waals surface area contributed by atoms with Gasteiger partial charge in [-0.05, 0) is 91.6 Å². The van der Waals surface area contributed by atoms with Crippen molar-refractivity contribution in [2.75, 3.05) is 37.4 Å². The van der Waals surface area contributed by atoms with Gasteiger partial charge in [-0.3, -0.25) is 0 Å². The molecule has 1 aromatic carbocycles. The smallest absolute Gasteiger partial charge is 0.368 e. The molecule has 3 fully saturated rings. The highest BCUT2D eigenvalue weighted by molar-refractivity contribution is 5.62. The number of aryl methyl sites for hydroxylation is 1. The van der Waals surface area contributed by atoms with Crippen molar-refractivity contribution in [2.45, 2.75) is 56.9 Å². The summed E-state index contributed by atoms with van der Waals surface area (Å²) in [5.41, 5.74) is 2.35. The SMILES string of the molecule is COc1cnc(Nc2ccc(C3CC3)c(-n3nnn(C)c3=O)c2)nc1NC[C@@H]1CCCN2CCCC[C@H]12. The van der Waals surface area contributed by atoms with Crippen LogP contribution in [0, 0.1) is 5.92 Å². The Morgan fingerprint density at radius 3 is 2.73 bits per heavy atom. The van der Waals surface area contributed by atoms with Crippen LogP contribution in [0.25, 0.3) is 5.69 Å². The van der Waals surface area contributed by atoms with Crippen LogP contribution in [0.2, 0.25) is 0 Å². The quantitative estimate of drug-likeness (QED) is 0.477. The van der Waals surface area contributed by atoms with E-state index < -0.39 is 0 Å². The van der Waals surface area contributed by atoms with Gasteiger partial charge in [0.15, 0.2) is 11.6 Å². The Kier molecular flexibility index (Phi) is 6.54. The third-order valence-electron chi connectivity index (χ3n) is 7.99. The molecule has 0 unspecified atom stereocenters. The summed E-state index contributed by atoms with van der Waals surface area (Å²) in [7, 11) is 3.24. The molecule has 0 spiro atoms. The number of ether oxygens (including phenoxy) is 1. The Morgan fingerprint density at radius 1 is 1.08 bits per heavy atom. The first-order valence-corrected chi connectivity index (χ1v) is 13.4. The van der Waals surface area contributed by atoms with Crippen molar-refractivity contribution in [2.24, 2.45) is 13.0 Å². The van der Waals surface area contributed by atoms with E-state index >= 15 is 0 Å². The number of aromatic nitrogens is 6. The predicted molar refractivity (Wildman–Crippen MR) is 141 cm³/mol. The van der Waals surface area contributed by atoms with Crippen LogP contribution in [0.3, 0.4) is 0 Å². The number of nitrogens with zero attached hydrogens (tertiary/aromatic N) is 7. The van der Waals surface area contributed by atoms with Crippen LogP contribution in [0.4, 0.5) is 17.5 Å². The highest BCUT2D eigenvalue weighted by Gasteiger charge is 2.33. The van der Waals surface area contributed by atoms with Gasteiger partial charge >= 0.3 is 5.69 Å². The average molecular weight is 506 g/mol. The normalized spacial score (nSPS) is 21.9. The first kappa shape index (κ1) is 23.9. The molecule has 196 valence electrons. The summed E-state index contributed by atoms with van der Waals surface area (Å²) in [5.74, 6) is 2.83. The molecule has 0 bridgehead atoms. The summed E-state index contributed by atoms with van der Waals surface area (Å²) >= 11 is 0. The topological polar surface area (TPSA) is 115 Å². The molecule has 2 saturated heterocycles. The molecule has 0 radical (unpaired) electrons. The van der Waals surface area contributed by atoms with Crippen molar-refractivity contribution in [3.05, 3.63) is 40.4 Å². The van der Waals surface area contributed by atoms with E-state index in [0.717, 1.165) is 36.3 Å². The standard InChI is InChI=1S/C26H35N9O2/c1-33-26(36)35(32-31-33)22-14-19(10-11-20(22)17-8-9-17)29-25-28-16-23(37-2)24(30-25)27-15-18-6-5-13-34-12-4-3-7-21(18)34/h10-11,14,16-18,21H,3-9,12-13,15H2,1-2H3,(H2,27,28,29,30)/t18-,21+/m0/s1. The van der Waals surface area contributed by atoms with E-state index in [-0.39, 0.29) is 5.69 Å². The average Bonchev–Trinajstić information content (AvgIpc) is 3.72. The van der Waals surface area contributed by atoms with E-state index in [1.165, 1.54) is 54.6 Å². The molecule has 11 nitrogen and oxygen atoms in total. The predicted octanol–water partition coefficient (Wildman–Crippen LogP) is 3.06. The van der Waals surface area contributed by atoms with Gasteiger partial charge in [-0.1, -0.05) is 12.5 Å². The number of piperidine rings is 2. The summed E-state index contributed by atoms with van der Waals surface area (Å²) < 4.78 is 8.15. The zero-order chi connectivity index (χ0) is 25.4. The number of rotatable bonds is 8. The van der Waals surface area contributed by atoms with Gasteiger partial charge in [-0.25, -0.2) is 9.78 Å². The maximum Gasteiger partial charge on any atom is 0.368 e. The maximum atomic E-state index is 12.6. The molecule has 3 aliphatic rings. The highest BCUT2D eigenvalue weighted by Crippen LogP contribution is 2.43. The van der Waals surface area contributed by atoms with Gasteiger partial charge in [0.25, 0.3) is 0 Å². The Balaban J connectivity index is 1.22. The number of hydrogen-bond acceptors (Lipinski definition) is 9. The minimum Gasteiger partial charge on any atom is -0.491 e. The second kappa shape index (κ2) is 10.1. The van der Waals surface area contributed by atoms with Crippen molar-refractivity contribution in [1.29, 1.82) is 0 Å². The van der Waals surface area contributed by atoms with E-state index in [0.29, 0.717) is 35.4 Å². The fourth-order valence-corrected chi connectivity index (χ4v) is 5.89. The van der Waals surface area contributed by atoms with Gasteiger partial charge in [0, 0.05) is 25.3 Å². The summed E-state index contributed by atoms with van der Waals surface area (Å²) in [6.45, 7) is 3.33. The van der Waals surface area contributed by atoms with Crippen LogP contribution in [-0.2, 0) is 7.05 Å². The molecular formula is C26H35N9O2. The zero-order valence-corrected chi connectivity index (χ0v) is 21.6. The molecule has 37 heavy (non-hydrogen) atoms. The molecule has 2 aromatic heterocycles. The molecule has 1 saturated carbocycles. The Bertz CT molecular complexity index is 1310. The molecule has 11 heteroatoms. The van der Waals surface area contributed by atoms with Crippen molar-refractivity contribution >= 4 is 17.5 Å². The molecule has 1 aliphatic carbocycles. The molecule has 3 aromatic rings. The number of tetrazole rings is 1. The zero-order valence-electron chi connectivity index (χ0n) is 21.6. The number of anilines is 3. The largest absolute Gasteiger partial charge is 0.491 e. The van der Waals surface area contributed by atoms with Gasteiger partial charge in [0.2, 0.25) is 5.95 Å². The molecule has 2 atom stereocenters. The van der Waals surface area contributed by atoms with Gasteiger partial charge in [0.05, 0.1) is 19.0 Å². The van der Waals surface area contributed by atoms with Crippen molar-refractivity contribution in [1.82, 2.24) is 34.7 Å². The van der Waals surface area contributed by atoms with Crippen LogP contribution in [0.15, 0.2) is 29.2 Å². The number of hydrogen-bond donors (Lipinski definition) is 2. The van der Waals surface area contributed by atoms with E-state index in [4.69, 9.17) is 9.72 Å². The van der Waals surface area contributed by atoms with E-state index in [9.17, 15) is 4.79 Å². The van der Waals surface area contributed by atoms with Gasteiger partial charge in [0.1, 0.15) is 0 Å². The van der Waals surface area contributed by atoms with Gasteiger partial charge < -0.3 is 20.3 Å². The third kappa shape index (κ3) is 4.92. The number of methoxy groups -OCH3 is 1. The van der Waals surface area contributed by atoms with Crippen molar-refractivity contribution in [3.8, 4) is 11.4 Å². The molecule has 2 aliphatic heterocycles. The molecule has 2 N–H and O–H groups in total. The van der Waals surface area contributed by atoms with Crippen LogP contribution >= 0.6 is 0 Å². The Morgan fingerprint density at radius 2 is 1.95 bits per heavy atom. The second-order valence-electron chi connectivity index (χ2n) is 10.5. The van der Waals surface area contributed by atoms with E-state index in [2.05, 4.69) is 37.0 Å². The first-order valence-electron chi connectivity index (χ1n) is 13.4. The summed E-state index contributed by atoms with van der Waals surface area (Å²) in [6.07, 6.45) is 10.3. The minimum absolute atomic E-state index is 0.273. The number of fused-ring (bicyclic) bond motifs is 1. The maximum absolute atomic E-state index is 12.6. The fourth-order valence-electron chi connectivity index (χ4n) is 5.89. The van der Waals surface area contributed by atoms with Crippen LogP contribution in [0.5, 0.6) is 5.75 Å². The van der Waals surface area contributed by atoms with Crippen LogP contribution in [-0.4, -0.2) is 67.4 Å². The van der Waals surface area contributed by atoms with Crippen LogP contribution < -0.4 is 21.1 Å². The molecule has 6 rings (SSSR count). The number of benzene rings is 1. The molecule has 4 heterocycles. The van der Waals surface area contributed by atoms with Crippen molar-refractivity contribution in [3.63, 3.8) is 0 Å². The molecular weight excluding hydrogens is 470 g/mol. The first-order chi connectivity index (χ1) is 18.1. The monoisotopic (exact) mass is 505 g/mol. The Hall–Kier alpha value is -3.47. The highest BCUT2D eigenvalue weighted by atomic mass is 16.5. The lowest BCUT2D eigenvalue weighted by atomic mass is 9.83. The van der Waals surface area contributed by atoms with E-state index in [1.54, 1.807) is 20.4 Å². The molecule has 0 amide bonds.